The van der Waals surface area contributed by atoms with Crippen LogP contribution >= 0.6 is 0 Å². The van der Waals surface area contributed by atoms with Gasteiger partial charge in [0.1, 0.15) is 11.4 Å². The third-order valence-electron chi connectivity index (χ3n) is 5.65. The molecule has 196 valence electrons. The van der Waals surface area contributed by atoms with E-state index in [1.54, 1.807) is 11.1 Å². The van der Waals surface area contributed by atoms with E-state index in [1.807, 2.05) is 65.8 Å². The van der Waals surface area contributed by atoms with Gasteiger partial charge in [-0.1, -0.05) is 0 Å². The number of hydrogen-bond donors (Lipinski definition) is 2. The van der Waals surface area contributed by atoms with Crippen LogP contribution in [0, 0.1) is 0 Å². The third-order valence-corrected chi connectivity index (χ3v) is 5.65. The van der Waals surface area contributed by atoms with Gasteiger partial charge in [0.25, 0.3) is 5.91 Å². The lowest BCUT2D eigenvalue weighted by molar-refractivity contribution is 0.0204. The van der Waals surface area contributed by atoms with Gasteiger partial charge in [-0.3, -0.25) is 9.78 Å². The van der Waals surface area contributed by atoms with Gasteiger partial charge in [0, 0.05) is 53.6 Å². The predicted molar refractivity (Wildman–Crippen MR) is 143 cm³/mol. The zero-order chi connectivity index (χ0) is 26.7. The summed E-state index contributed by atoms with van der Waals surface area (Å²) >= 11 is 0. The SMILES string of the molecule is CC(C)Nc1cc(-c2cc(C(=O)NC(C)(C)C)cc(C3CCN(C(=O)OC(C)(C)C)CC3)n2)ccn1. The van der Waals surface area contributed by atoms with E-state index < -0.39 is 5.60 Å². The molecule has 0 spiro atoms. The zero-order valence-corrected chi connectivity index (χ0v) is 22.9. The van der Waals surface area contributed by atoms with Crippen LogP contribution in [-0.2, 0) is 4.74 Å². The standard InChI is InChI=1S/C28H41N5O3/c1-18(2)30-24-17-20(9-12-29-24)23-16-21(25(34)32-27(3,4)5)15-22(31-23)19-10-13-33(14-11-19)26(35)36-28(6,7)8/h9,12,15-19H,10-11,13-14H2,1-8H3,(H,29,30)(H,32,34). The number of anilines is 1. The largest absolute Gasteiger partial charge is 0.444 e. The average molecular weight is 496 g/mol. The second-order valence-corrected chi connectivity index (χ2v) is 11.8. The van der Waals surface area contributed by atoms with Crippen LogP contribution in [0.4, 0.5) is 10.6 Å². The van der Waals surface area contributed by atoms with E-state index in [2.05, 4.69) is 29.5 Å². The average Bonchev–Trinajstić information content (AvgIpc) is 2.76. The summed E-state index contributed by atoms with van der Waals surface area (Å²) < 4.78 is 5.54. The summed E-state index contributed by atoms with van der Waals surface area (Å²) in [6.07, 6.45) is 2.98. The number of ether oxygens (including phenoxy) is 1. The van der Waals surface area contributed by atoms with Crippen LogP contribution in [0.1, 0.15) is 90.2 Å². The monoisotopic (exact) mass is 495 g/mol. The van der Waals surface area contributed by atoms with Crippen molar-refractivity contribution in [1.29, 1.82) is 0 Å². The first-order chi connectivity index (χ1) is 16.7. The maximum Gasteiger partial charge on any atom is 0.410 e. The second-order valence-electron chi connectivity index (χ2n) is 11.8. The van der Waals surface area contributed by atoms with Crippen LogP contribution in [-0.4, -0.2) is 57.1 Å². The molecule has 0 atom stereocenters. The van der Waals surface area contributed by atoms with Crippen LogP contribution in [0.3, 0.4) is 0 Å². The van der Waals surface area contributed by atoms with Crippen molar-refractivity contribution in [2.45, 2.75) is 91.3 Å². The van der Waals surface area contributed by atoms with Gasteiger partial charge in [-0.2, -0.15) is 0 Å². The summed E-state index contributed by atoms with van der Waals surface area (Å²) in [4.78, 5) is 36.8. The van der Waals surface area contributed by atoms with E-state index in [9.17, 15) is 9.59 Å². The summed E-state index contributed by atoms with van der Waals surface area (Å²) in [6.45, 7) is 16.8. The predicted octanol–water partition coefficient (Wildman–Crippen LogP) is 5.61. The van der Waals surface area contributed by atoms with Crippen molar-refractivity contribution in [3.8, 4) is 11.3 Å². The molecule has 36 heavy (non-hydrogen) atoms. The van der Waals surface area contributed by atoms with Gasteiger partial charge in [0.2, 0.25) is 0 Å². The molecule has 1 aliphatic rings. The van der Waals surface area contributed by atoms with Crippen LogP contribution in [0.2, 0.25) is 0 Å². The molecule has 3 heterocycles. The summed E-state index contributed by atoms with van der Waals surface area (Å²) in [5.41, 5.74) is 2.19. The zero-order valence-electron chi connectivity index (χ0n) is 22.9. The van der Waals surface area contributed by atoms with Crippen molar-refractivity contribution in [2.24, 2.45) is 0 Å². The number of pyridine rings is 2. The number of rotatable bonds is 5. The molecule has 1 aliphatic heterocycles. The molecule has 8 heteroatoms. The van der Waals surface area contributed by atoms with Crippen LogP contribution < -0.4 is 10.6 Å². The summed E-state index contributed by atoms with van der Waals surface area (Å²) in [5.74, 6) is 0.772. The van der Waals surface area contributed by atoms with E-state index in [1.165, 1.54) is 0 Å². The highest BCUT2D eigenvalue weighted by atomic mass is 16.6. The number of nitrogens with one attached hydrogen (secondary N) is 2. The summed E-state index contributed by atoms with van der Waals surface area (Å²) in [5, 5.41) is 6.39. The summed E-state index contributed by atoms with van der Waals surface area (Å²) in [7, 11) is 0. The van der Waals surface area contributed by atoms with E-state index in [0.29, 0.717) is 18.7 Å². The number of hydrogen-bond acceptors (Lipinski definition) is 6. The van der Waals surface area contributed by atoms with E-state index >= 15 is 0 Å². The fourth-order valence-corrected chi connectivity index (χ4v) is 4.10. The van der Waals surface area contributed by atoms with Gasteiger partial charge >= 0.3 is 6.09 Å². The lowest BCUT2D eigenvalue weighted by atomic mass is 9.91. The summed E-state index contributed by atoms with van der Waals surface area (Å²) in [6, 6.07) is 7.86. The maximum absolute atomic E-state index is 13.1. The Kier molecular flexibility index (Phi) is 8.26. The highest BCUT2D eigenvalue weighted by Crippen LogP contribution is 2.31. The molecule has 0 aromatic carbocycles. The molecular formula is C28H41N5O3. The van der Waals surface area contributed by atoms with Crippen molar-refractivity contribution < 1.29 is 14.3 Å². The molecule has 8 nitrogen and oxygen atoms in total. The number of amides is 2. The second kappa shape index (κ2) is 10.8. The molecule has 0 radical (unpaired) electrons. The van der Waals surface area contributed by atoms with Gasteiger partial charge in [0.05, 0.1) is 5.69 Å². The molecule has 2 N–H and O–H groups in total. The molecule has 0 saturated carbocycles. The highest BCUT2D eigenvalue weighted by molar-refractivity contribution is 5.95. The topological polar surface area (TPSA) is 96.5 Å². The molecule has 3 rings (SSSR count). The fraction of sp³-hybridized carbons (Fsp3) is 0.571. The van der Waals surface area contributed by atoms with Crippen molar-refractivity contribution in [1.82, 2.24) is 20.2 Å². The molecular weight excluding hydrogens is 454 g/mol. The van der Waals surface area contributed by atoms with Crippen LogP contribution in [0.5, 0.6) is 0 Å². The maximum atomic E-state index is 13.1. The Morgan fingerprint density at radius 1 is 1.06 bits per heavy atom. The van der Waals surface area contributed by atoms with Crippen molar-refractivity contribution in [3.05, 3.63) is 41.7 Å². The number of carbonyl (C=O) groups is 2. The van der Waals surface area contributed by atoms with E-state index in [-0.39, 0.29) is 29.5 Å². The van der Waals surface area contributed by atoms with Gasteiger partial charge in [-0.25, -0.2) is 9.78 Å². The van der Waals surface area contributed by atoms with E-state index in [4.69, 9.17) is 9.72 Å². The Hall–Kier alpha value is -3.16. The Labute approximate surface area is 215 Å². The van der Waals surface area contributed by atoms with Crippen molar-refractivity contribution >= 4 is 17.8 Å². The fourth-order valence-electron chi connectivity index (χ4n) is 4.10. The minimum absolute atomic E-state index is 0.131. The first-order valence-corrected chi connectivity index (χ1v) is 12.8. The molecule has 2 aromatic heterocycles. The van der Waals surface area contributed by atoms with Gasteiger partial charge in [0.15, 0.2) is 0 Å². The molecule has 0 bridgehead atoms. The van der Waals surface area contributed by atoms with Crippen molar-refractivity contribution in [2.75, 3.05) is 18.4 Å². The quantitative estimate of drug-likeness (QED) is 0.560. The third kappa shape index (κ3) is 7.93. The molecule has 0 aliphatic carbocycles. The lowest BCUT2D eigenvalue weighted by Crippen LogP contribution is -2.41. The van der Waals surface area contributed by atoms with E-state index in [0.717, 1.165) is 35.6 Å². The molecule has 2 amide bonds. The molecule has 1 fully saturated rings. The first kappa shape index (κ1) is 27.4. The van der Waals surface area contributed by atoms with Crippen LogP contribution in [0.25, 0.3) is 11.3 Å². The Balaban J connectivity index is 1.90. The minimum Gasteiger partial charge on any atom is -0.444 e. The number of aromatic nitrogens is 2. The van der Waals surface area contributed by atoms with Gasteiger partial charge in [-0.05, 0) is 92.5 Å². The van der Waals surface area contributed by atoms with Crippen molar-refractivity contribution in [3.63, 3.8) is 0 Å². The Morgan fingerprint density at radius 2 is 1.72 bits per heavy atom. The smallest absolute Gasteiger partial charge is 0.410 e. The number of carbonyl (C=O) groups excluding carboxylic acids is 2. The Bertz CT molecular complexity index is 1080. The van der Waals surface area contributed by atoms with Crippen LogP contribution in [0.15, 0.2) is 30.5 Å². The van der Waals surface area contributed by atoms with Gasteiger partial charge in [-0.15, -0.1) is 0 Å². The Morgan fingerprint density at radius 3 is 2.31 bits per heavy atom. The number of piperidine rings is 1. The molecule has 1 saturated heterocycles. The normalized spacial score (nSPS) is 15.1. The highest BCUT2D eigenvalue weighted by Gasteiger charge is 2.29. The minimum atomic E-state index is -0.521. The number of nitrogens with zero attached hydrogens (tertiary/aromatic N) is 3. The molecule has 2 aromatic rings. The lowest BCUT2D eigenvalue weighted by Gasteiger charge is -2.33. The van der Waals surface area contributed by atoms with Gasteiger partial charge < -0.3 is 20.3 Å². The number of likely N-dealkylation sites (tertiary alicyclic amines) is 1. The first-order valence-electron chi connectivity index (χ1n) is 12.8. The molecule has 0 unspecified atom stereocenters.